The van der Waals surface area contributed by atoms with Crippen molar-refractivity contribution in [1.82, 2.24) is 0 Å². The first-order valence-corrected chi connectivity index (χ1v) is 13.8. The van der Waals surface area contributed by atoms with Gasteiger partial charge in [-0.15, -0.1) is 0 Å². The van der Waals surface area contributed by atoms with Crippen LogP contribution in [0.2, 0.25) is 0 Å². The second kappa shape index (κ2) is 33.5. The van der Waals surface area contributed by atoms with Crippen LogP contribution < -0.4 is 20.4 Å². The summed E-state index contributed by atoms with van der Waals surface area (Å²) in [7, 11) is 0. The fourth-order valence-corrected chi connectivity index (χ4v) is 2.65. The van der Waals surface area contributed by atoms with Crippen molar-refractivity contribution in [2.45, 2.75) is 97.7 Å². The molecule has 0 radical (unpaired) electrons. The van der Waals surface area contributed by atoms with Gasteiger partial charge in [-0.05, 0) is 0 Å². The zero-order chi connectivity index (χ0) is 42.4. The summed E-state index contributed by atoms with van der Waals surface area (Å²) in [6.45, 7) is -3.45. The van der Waals surface area contributed by atoms with Gasteiger partial charge in [0.05, 0.1) is 50.3 Å². The number of carboxylic acids is 4. The Morgan fingerprint density at radius 1 is 0.296 bits per heavy atom. The number of aliphatic hydroxyl groups is 20. The first-order chi connectivity index (χ1) is 23.7. The Morgan fingerprint density at radius 3 is 0.481 bits per heavy atom. The average molecular weight is 911 g/mol. The third kappa shape index (κ3) is 24.8. The number of carbonyl (C=O) groups excluding carboxylic acids is 4. The van der Waals surface area contributed by atoms with Crippen LogP contribution in [0, 0.1) is 0 Å². The SMILES string of the molecule is O=C([O-])C(O)C(O)C(O)C(O)CO.O=C([O-])C(O)C(O)C(O)C(O)CO.O=C([O-])C(O)C(O)C(O)C(O)CO.O=C([O-])C(O)C(O)C(O)C(O)CO.[Zn+2].[Zn+2]. The number of aliphatic hydroxyl groups excluding tert-OH is 20. The second-order valence-electron chi connectivity index (χ2n) is 9.98. The van der Waals surface area contributed by atoms with E-state index < -0.39 is 148 Å². The Labute approximate surface area is 328 Å². The molecule has 0 saturated carbocycles. The van der Waals surface area contributed by atoms with Crippen molar-refractivity contribution in [1.29, 1.82) is 0 Å². The molecule has 16 unspecified atom stereocenters. The Morgan fingerprint density at radius 2 is 0.407 bits per heavy atom. The first-order valence-electron chi connectivity index (χ1n) is 13.8. The van der Waals surface area contributed by atoms with Crippen molar-refractivity contribution in [3.8, 4) is 0 Å². The molecular formula is C24H44O28Zn2. The summed E-state index contributed by atoms with van der Waals surface area (Å²) in [4.78, 5) is 39.9. The molecule has 0 aliphatic heterocycles. The van der Waals surface area contributed by atoms with E-state index >= 15 is 0 Å². The minimum Gasteiger partial charge on any atom is -0.547 e. The van der Waals surface area contributed by atoms with E-state index in [0.29, 0.717) is 0 Å². The van der Waals surface area contributed by atoms with E-state index in [1.165, 1.54) is 0 Å². The van der Waals surface area contributed by atoms with Gasteiger partial charge in [0.2, 0.25) is 0 Å². The minimum absolute atomic E-state index is 0. The summed E-state index contributed by atoms with van der Waals surface area (Å²) in [5.41, 5.74) is 0. The van der Waals surface area contributed by atoms with Gasteiger partial charge in [0.1, 0.15) is 97.7 Å². The van der Waals surface area contributed by atoms with E-state index in [1.807, 2.05) is 0 Å². The summed E-state index contributed by atoms with van der Waals surface area (Å²) in [5.74, 6) is -7.90. The smallest absolute Gasteiger partial charge is 0.547 e. The average Bonchev–Trinajstić information content (AvgIpc) is 3.12. The van der Waals surface area contributed by atoms with E-state index in [0.717, 1.165) is 0 Å². The van der Waals surface area contributed by atoms with Crippen LogP contribution in [0.3, 0.4) is 0 Å². The van der Waals surface area contributed by atoms with Gasteiger partial charge < -0.3 is 142 Å². The Hall–Kier alpha value is -1.67. The molecule has 0 amide bonds. The summed E-state index contributed by atoms with van der Waals surface area (Å²) >= 11 is 0. The molecule has 0 saturated heterocycles. The van der Waals surface area contributed by atoms with Crippen LogP contribution in [0.15, 0.2) is 0 Å². The van der Waals surface area contributed by atoms with Gasteiger partial charge in [-0.2, -0.15) is 0 Å². The summed E-state index contributed by atoms with van der Waals surface area (Å²) in [6, 6.07) is 0. The van der Waals surface area contributed by atoms with Gasteiger partial charge in [-0.3, -0.25) is 0 Å². The maximum Gasteiger partial charge on any atom is 2.00 e. The third-order valence-electron chi connectivity index (χ3n) is 5.98. The summed E-state index contributed by atoms with van der Waals surface area (Å²) in [6.07, 6.45) is -32.3. The standard InChI is InChI=1S/4C6H12O7.2Zn/c4*7-1-2(8)3(9)4(10)5(11)6(12)13;;/h4*2-5,7-11H,1H2,(H,12,13);;/q;;;;2*+2/p-4. The number of carboxylic acid groups (broad SMARTS) is 4. The van der Waals surface area contributed by atoms with Gasteiger partial charge >= 0.3 is 39.0 Å². The normalized spacial score (nSPS) is 19.6. The fourth-order valence-electron chi connectivity index (χ4n) is 2.65. The minimum atomic E-state index is -2.31. The number of aliphatic carboxylic acids is 4. The zero-order valence-electron chi connectivity index (χ0n) is 27.7. The molecule has 0 aliphatic rings. The molecule has 0 aliphatic carbocycles. The van der Waals surface area contributed by atoms with Crippen molar-refractivity contribution in [3.63, 3.8) is 0 Å². The monoisotopic (exact) mass is 908 g/mol. The first kappa shape index (κ1) is 64.2. The molecule has 0 fully saturated rings. The van der Waals surface area contributed by atoms with Crippen LogP contribution in [-0.2, 0) is 58.1 Å². The third-order valence-corrected chi connectivity index (χ3v) is 5.98. The molecule has 54 heavy (non-hydrogen) atoms. The van der Waals surface area contributed by atoms with Gasteiger partial charge in [0.15, 0.2) is 0 Å². The molecule has 28 nitrogen and oxygen atoms in total. The fraction of sp³-hybridized carbons (Fsp3) is 0.833. The number of rotatable bonds is 20. The molecule has 20 N–H and O–H groups in total. The van der Waals surface area contributed by atoms with E-state index in [9.17, 15) is 39.6 Å². The van der Waals surface area contributed by atoms with Crippen LogP contribution in [-0.4, -0.2) is 250 Å². The topological polar surface area (TPSA) is 565 Å². The number of hydrogen-bond acceptors (Lipinski definition) is 28. The van der Waals surface area contributed by atoms with Crippen molar-refractivity contribution in [2.75, 3.05) is 26.4 Å². The van der Waals surface area contributed by atoms with E-state index in [1.54, 1.807) is 0 Å². The number of hydrogen-bond donors (Lipinski definition) is 20. The molecular weight excluding hydrogens is 867 g/mol. The molecule has 0 aromatic heterocycles. The van der Waals surface area contributed by atoms with Crippen molar-refractivity contribution >= 4 is 23.9 Å². The quantitative estimate of drug-likeness (QED) is 0.0504. The molecule has 312 valence electrons. The largest absolute Gasteiger partial charge is 2.00 e. The van der Waals surface area contributed by atoms with Crippen molar-refractivity contribution in [3.05, 3.63) is 0 Å². The summed E-state index contributed by atoms with van der Waals surface area (Å²) in [5, 5.41) is 214. The maximum absolute atomic E-state index is 9.98. The Kier molecular flexibility index (Phi) is 39.8. The van der Waals surface area contributed by atoms with Gasteiger partial charge in [-0.25, -0.2) is 0 Å². The summed E-state index contributed by atoms with van der Waals surface area (Å²) < 4.78 is 0. The molecule has 16 atom stereocenters. The predicted molar refractivity (Wildman–Crippen MR) is 144 cm³/mol. The van der Waals surface area contributed by atoms with Crippen LogP contribution in [0.1, 0.15) is 0 Å². The van der Waals surface area contributed by atoms with Crippen LogP contribution in [0.25, 0.3) is 0 Å². The molecule has 30 heteroatoms. The van der Waals surface area contributed by atoms with Crippen LogP contribution in [0.4, 0.5) is 0 Å². The van der Waals surface area contributed by atoms with E-state index in [-0.39, 0.29) is 39.0 Å². The van der Waals surface area contributed by atoms with Crippen LogP contribution in [0.5, 0.6) is 0 Å². The molecule has 0 spiro atoms. The van der Waals surface area contributed by atoms with Crippen molar-refractivity contribution < 1.29 is 181 Å². The van der Waals surface area contributed by atoms with Crippen molar-refractivity contribution in [2.24, 2.45) is 0 Å². The zero-order valence-corrected chi connectivity index (χ0v) is 33.6. The van der Waals surface area contributed by atoms with E-state index in [4.69, 9.17) is 102 Å². The van der Waals surface area contributed by atoms with E-state index in [2.05, 4.69) is 0 Å². The Balaban J connectivity index is -0.000000140. The van der Waals surface area contributed by atoms with Gasteiger partial charge in [0.25, 0.3) is 0 Å². The molecule has 0 aromatic rings. The van der Waals surface area contributed by atoms with Gasteiger partial charge in [0, 0.05) is 0 Å². The molecule has 0 bridgehead atoms. The molecule has 0 heterocycles. The molecule has 0 aromatic carbocycles. The maximum atomic E-state index is 9.98. The Bertz CT molecular complexity index is 846. The second-order valence-corrected chi connectivity index (χ2v) is 9.98. The number of carbonyl (C=O) groups is 4. The predicted octanol–water partition coefficient (Wildman–Crippen LogP) is -19.3. The van der Waals surface area contributed by atoms with Crippen LogP contribution >= 0.6 is 0 Å². The molecule has 0 rings (SSSR count). The van der Waals surface area contributed by atoms with Gasteiger partial charge in [-0.1, -0.05) is 0 Å².